The minimum absolute atomic E-state index is 0.490. The smallest absolute Gasteiger partial charge is 0.0798 e. The van der Waals surface area contributed by atoms with Crippen molar-refractivity contribution < 1.29 is 4.74 Å². The Morgan fingerprint density at radius 1 is 1.43 bits per heavy atom. The Balaban J connectivity index is 1.60. The molecular weight excluding hydrogens is 282 g/mol. The first-order valence-corrected chi connectivity index (χ1v) is 8.80. The van der Waals surface area contributed by atoms with Gasteiger partial charge in [-0.3, -0.25) is 4.90 Å². The third-order valence-electron chi connectivity index (χ3n) is 5.41. The van der Waals surface area contributed by atoms with Crippen molar-refractivity contribution in [3.05, 3.63) is 16.1 Å². The highest BCUT2D eigenvalue weighted by atomic mass is 32.1. The van der Waals surface area contributed by atoms with Gasteiger partial charge in [-0.2, -0.15) is 0 Å². The molecule has 2 saturated heterocycles. The van der Waals surface area contributed by atoms with Crippen molar-refractivity contribution in [2.24, 2.45) is 11.3 Å². The van der Waals surface area contributed by atoms with Gasteiger partial charge in [-0.1, -0.05) is 0 Å². The Kier molecular flexibility index (Phi) is 4.64. The van der Waals surface area contributed by atoms with E-state index in [1.54, 1.807) is 11.3 Å². The van der Waals surface area contributed by atoms with Gasteiger partial charge in [0.05, 0.1) is 17.8 Å². The lowest BCUT2D eigenvalue weighted by Gasteiger charge is -2.42. The van der Waals surface area contributed by atoms with Crippen LogP contribution in [0.3, 0.4) is 0 Å². The quantitative estimate of drug-likeness (QED) is 0.853. The topological polar surface area (TPSA) is 28.6 Å². The van der Waals surface area contributed by atoms with Crippen LogP contribution < -0.4 is 0 Å². The van der Waals surface area contributed by atoms with E-state index in [0.29, 0.717) is 11.3 Å². The molecule has 0 aliphatic carbocycles. The Labute approximate surface area is 132 Å². The fraction of sp³-hybridized carbons (Fsp3) is 0.812. The highest BCUT2D eigenvalue weighted by Crippen LogP contribution is 2.44. The zero-order valence-electron chi connectivity index (χ0n) is 13.5. The number of hydrogen-bond donors (Lipinski definition) is 0. The summed E-state index contributed by atoms with van der Waals surface area (Å²) in [4.78, 5) is 10.9. The lowest BCUT2D eigenvalue weighted by molar-refractivity contribution is 0.0356. The van der Waals surface area contributed by atoms with E-state index in [9.17, 15) is 0 Å². The van der Waals surface area contributed by atoms with Crippen molar-refractivity contribution in [3.8, 4) is 0 Å². The summed E-state index contributed by atoms with van der Waals surface area (Å²) in [7, 11) is 4.10. The molecule has 2 aliphatic rings. The van der Waals surface area contributed by atoms with E-state index in [4.69, 9.17) is 4.74 Å². The third-order valence-corrected chi connectivity index (χ3v) is 6.33. The van der Waals surface area contributed by atoms with Gasteiger partial charge >= 0.3 is 0 Å². The first kappa shape index (κ1) is 15.4. The second-order valence-corrected chi connectivity index (χ2v) is 7.79. The van der Waals surface area contributed by atoms with Gasteiger partial charge in [-0.15, -0.1) is 11.3 Å². The standard InChI is InChI=1S/C16H27N3OS/c1-13-15(21-12-17-13)9-19-6-4-16(5-7-19)11-18(2)8-14(16)10-20-3/h12,14H,4-11H2,1-3H3. The largest absolute Gasteiger partial charge is 0.384 e. The van der Waals surface area contributed by atoms with Crippen LogP contribution in [0.2, 0.25) is 0 Å². The van der Waals surface area contributed by atoms with Crippen LogP contribution in [0.1, 0.15) is 23.4 Å². The van der Waals surface area contributed by atoms with E-state index in [1.165, 1.54) is 49.6 Å². The van der Waals surface area contributed by atoms with Gasteiger partial charge in [0.1, 0.15) is 0 Å². The predicted octanol–water partition coefficient (Wildman–Crippen LogP) is 2.24. The highest BCUT2D eigenvalue weighted by molar-refractivity contribution is 7.09. The van der Waals surface area contributed by atoms with Gasteiger partial charge in [0, 0.05) is 37.5 Å². The molecule has 4 nitrogen and oxygen atoms in total. The normalized spacial score (nSPS) is 26.7. The molecule has 1 unspecified atom stereocenters. The first-order valence-electron chi connectivity index (χ1n) is 7.92. The van der Waals surface area contributed by atoms with Crippen LogP contribution in [0.5, 0.6) is 0 Å². The van der Waals surface area contributed by atoms with Crippen LogP contribution in [0.4, 0.5) is 0 Å². The minimum atomic E-state index is 0.490. The fourth-order valence-corrected chi connectivity index (χ4v) is 4.95. The lowest BCUT2D eigenvalue weighted by Crippen LogP contribution is -2.44. The van der Waals surface area contributed by atoms with Gasteiger partial charge in [-0.05, 0) is 45.3 Å². The molecule has 5 heteroatoms. The van der Waals surface area contributed by atoms with Gasteiger partial charge in [0.2, 0.25) is 0 Å². The Morgan fingerprint density at radius 2 is 2.19 bits per heavy atom. The molecule has 118 valence electrons. The Morgan fingerprint density at radius 3 is 2.81 bits per heavy atom. The van der Waals surface area contributed by atoms with E-state index < -0.39 is 0 Å². The molecule has 1 spiro atoms. The van der Waals surface area contributed by atoms with Crippen molar-refractivity contribution in [2.75, 3.05) is 46.9 Å². The molecule has 0 N–H and O–H groups in total. The van der Waals surface area contributed by atoms with Crippen LogP contribution in [-0.4, -0.2) is 61.7 Å². The van der Waals surface area contributed by atoms with Crippen LogP contribution >= 0.6 is 11.3 Å². The number of methoxy groups -OCH3 is 1. The number of hydrogen-bond acceptors (Lipinski definition) is 5. The minimum Gasteiger partial charge on any atom is -0.384 e. The summed E-state index contributed by atoms with van der Waals surface area (Å²) < 4.78 is 5.48. The summed E-state index contributed by atoms with van der Waals surface area (Å²) in [5.41, 5.74) is 3.67. The van der Waals surface area contributed by atoms with Crippen molar-refractivity contribution in [2.45, 2.75) is 26.3 Å². The maximum absolute atomic E-state index is 5.48. The van der Waals surface area contributed by atoms with Crippen molar-refractivity contribution >= 4 is 11.3 Å². The molecule has 0 bridgehead atoms. The summed E-state index contributed by atoms with van der Waals surface area (Å²) in [6, 6.07) is 0. The first-order chi connectivity index (χ1) is 10.1. The molecule has 1 aromatic rings. The number of likely N-dealkylation sites (tertiary alicyclic amines) is 2. The van der Waals surface area contributed by atoms with E-state index >= 15 is 0 Å². The fourth-order valence-electron chi connectivity index (χ4n) is 4.14. The predicted molar refractivity (Wildman–Crippen MR) is 86.7 cm³/mol. The molecule has 0 amide bonds. The SMILES string of the molecule is COCC1CN(C)CC12CCN(Cc1scnc1C)CC2. The van der Waals surface area contributed by atoms with E-state index in [0.717, 1.165) is 13.2 Å². The van der Waals surface area contributed by atoms with E-state index in [-0.39, 0.29) is 0 Å². The van der Waals surface area contributed by atoms with Gasteiger partial charge in [0.25, 0.3) is 0 Å². The van der Waals surface area contributed by atoms with Crippen molar-refractivity contribution in [1.29, 1.82) is 0 Å². The number of rotatable bonds is 4. The molecule has 21 heavy (non-hydrogen) atoms. The second-order valence-electron chi connectivity index (χ2n) is 6.85. The van der Waals surface area contributed by atoms with Crippen LogP contribution in [0, 0.1) is 18.3 Å². The molecule has 0 saturated carbocycles. The molecule has 0 aromatic carbocycles. The van der Waals surface area contributed by atoms with Crippen LogP contribution in [0.15, 0.2) is 5.51 Å². The lowest BCUT2D eigenvalue weighted by atomic mass is 9.71. The highest BCUT2D eigenvalue weighted by Gasteiger charge is 2.46. The zero-order valence-corrected chi connectivity index (χ0v) is 14.3. The van der Waals surface area contributed by atoms with E-state index in [1.807, 2.05) is 12.6 Å². The van der Waals surface area contributed by atoms with Crippen LogP contribution in [-0.2, 0) is 11.3 Å². The molecule has 1 aromatic heterocycles. The number of aromatic nitrogens is 1. The van der Waals surface area contributed by atoms with Crippen molar-refractivity contribution in [3.63, 3.8) is 0 Å². The number of thiazole rings is 1. The Bertz CT molecular complexity index is 468. The average Bonchev–Trinajstić information content (AvgIpc) is 2.98. The number of nitrogens with zero attached hydrogens (tertiary/aromatic N) is 3. The van der Waals surface area contributed by atoms with Gasteiger partial charge in [0.15, 0.2) is 0 Å². The average molecular weight is 309 g/mol. The molecule has 1 atom stereocenters. The van der Waals surface area contributed by atoms with Gasteiger partial charge < -0.3 is 9.64 Å². The number of piperidine rings is 1. The molecule has 2 fully saturated rings. The molecule has 3 rings (SSSR count). The summed E-state index contributed by atoms with van der Waals surface area (Å²) in [5, 5.41) is 0. The number of aryl methyl sites for hydroxylation is 1. The van der Waals surface area contributed by atoms with Gasteiger partial charge in [-0.25, -0.2) is 4.98 Å². The van der Waals surface area contributed by atoms with E-state index in [2.05, 4.69) is 28.8 Å². The maximum Gasteiger partial charge on any atom is 0.0798 e. The zero-order chi connectivity index (χ0) is 14.9. The summed E-state index contributed by atoms with van der Waals surface area (Å²) in [6.07, 6.45) is 2.62. The van der Waals surface area contributed by atoms with Crippen molar-refractivity contribution in [1.82, 2.24) is 14.8 Å². The second kappa shape index (κ2) is 6.32. The van der Waals surface area contributed by atoms with Crippen LogP contribution in [0.25, 0.3) is 0 Å². The summed E-state index contributed by atoms with van der Waals surface area (Å²) >= 11 is 1.79. The Hall–Kier alpha value is -0.490. The third kappa shape index (κ3) is 3.16. The summed E-state index contributed by atoms with van der Waals surface area (Å²) in [5.74, 6) is 0.708. The number of ether oxygens (including phenoxy) is 1. The monoisotopic (exact) mass is 309 g/mol. The molecule has 3 heterocycles. The summed E-state index contributed by atoms with van der Waals surface area (Å²) in [6.45, 7) is 8.99. The molecule has 0 radical (unpaired) electrons. The maximum atomic E-state index is 5.48. The molecular formula is C16H27N3OS. The molecule has 2 aliphatic heterocycles.